The lowest BCUT2D eigenvalue weighted by molar-refractivity contribution is 0.0192. The van der Waals surface area contributed by atoms with E-state index in [1.54, 1.807) is 20.8 Å². The van der Waals surface area contributed by atoms with Crippen LogP contribution in [-0.4, -0.2) is 60.6 Å². The van der Waals surface area contributed by atoms with Crippen molar-refractivity contribution in [1.29, 1.82) is 0 Å². The first-order valence-electron chi connectivity index (χ1n) is 7.37. The van der Waals surface area contributed by atoms with Crippen molar-refractivity contribution in [1.82, 2.24) is 9.21 Å². The molecule has 8 heteroatoms. The average Bonchev–Trinajstić information content (AvgIpc) is 2.45. The van der Waals surface area contributed by atoms with Gasteiger partial charge in [0, 0.05) is 26.2 Å². The maximum Gasteiger partial charge on any atom is 0.410 e. The van der Waals surface area contributed by atoms with Crippen molar-refractivity contribution in [3.05, 3.63) is 24.3 Å². The molecule has 1 aromatic carbocycles. The van der Waals surface area contributed by atoms with E-state index in [9.17, 15) is 18.3 Å². The summed E-state index contributed by atoms with van der Waals surface area (Å²) in [4.78, 5) is 13.5. The Kier molecular flexibility index (Phi) is 4.86. The Balaban J connectivity index is 2.03. The topological polar surface area (TPSA) is 87.2 Å². The third-order valence-corrected chi connectivity index (χ3v) is 5.24. The molecule has 7 nitrogen and oxygen atoms in total. The van der Waals surface area contributed by atoms with Crippen LogP contribution >= 0.6 is 0 Å². The molecule has 1 heterocycles. The monoisotopic (exact) mass is 342 g/mol. The van der Waals surface area contributed by atoms with Gasteiger partial charge < -0.3 is 14.7 Å². The summed E-state index contributed by atoms with van der Waals surface area (Å²) in [6, 6.07) is 5.56. The van der Waals surface area contributed by atoms with E-state index in [-0.39, 0.29) is 36.8 Å². The fourth-order valence-electron chi connectivity index (χ4n) is 2.23. The molecular formula is C15H22N2O5S. The Hall–Kier alpha value is -1.80. The van der Waals surface area contributed by atoms with E-state index in [0.29, 0.717) is 0 Å². The zero-order valence-electron chi connectivity index (χ0n) is 13.5. The number of hydrogen-bond acceptors (Lipinski definition) is 5. The number of hydrogen-bond donors (Lipinski definition) is 1. The van der Waals surface area contributed by atoms with E-state index < -0.39 is 21.7 Å². The number of phenolic OH excluding ortho intramolecular Hbond substituents is 1. The normalized spacial score (nSPS) is 17.1. The largest absolute Gasteiger partial charge is 0.508 e. The van der Waals surface area contributed by atoms with Crippen LogP contribution in [0, 0.1) is 0 Å². The van der Waals surface area contributed by atoms with Crippen LogP contribution in [0.2, 0.25) is 0 Å². The number of carbonyl (C=O) groups is 1. The summed E-state index contributed by atoms with van der Waals surface area (Å²) in [7, 11) is -3.67. The molecule has 1 aromatic rings. The summed E-state index contributed by atoms with van der Waals surface area (Å²) >= 11 is 0. The fraction of sp³-hybridized carbons (Fsp3) is 0.533. The molecule has 0 bridgehead atoms. The van der Waals surface area contributed by atoms with Crippen molar-refractivity contribution in [2.45, 2.75) is 31.3 Å². The minimum atomic E-state index is -3.67. The Labute approximate surface area is 136 Å². The molecular weight excluding hydrogens is 320 g/mol. The number of rotatable bonds is 2. The van der Waals surface area contributed by atoms with Gasteiger partial charge >= 0.3 is 6.09 Å². The van der Waals surface area contributed by atoms with Gasteiger partial charge in [0.1, 0.15) is 11.4 Å². The smallest absolute Gasteiger partial charge is 0.410 e. The van der Waals surface area contributed by atoms with E-state index in [4.69, 9.17) is 4.74 Å². The van der Waals surface area contributed by atoms with Crippen LogP contribution in [-0.2, 0) is 14.8 Å². The van der Waals surface area contributed by atoms with Gasteiger partial charge in [0.25, 0.3) is 0 Å². The van der Waals surface area contributed by atoms with E-state index in [2.05, 4.69) is 0 Å². The third kappa shape index (κ3) is 4.35. The molecule has 0 unspecified atom stereocenters. The standard InChI is InChI=1S/C15H22N2O5S/c1-15(2,3)22-14(19)16-7-9-17(10-8-16)23(20,21)13-6-4-5-12(18)11-13/h4-6,11,18H,7-10H2,1-3H3. The first kappa shape index (κ1) is 17.6. The van der Waals surface area contributed by atoms with E-state index >= 15 is 0 Å². The molecule has 1 aliphatic heterocycles. The van der Waals surface area contributed by atoms with Gasteiger partial charge in [0.15, 0.2) is 0 Å². The fourth-order valence-corrected chi connectivity index (χ4v) is 3.69. The first-order valence-corrected chi connectivity index (χ1v) is 8.81. The molecule has 0 spiro atoms. The van der Waals surface area contributed by atoms with Crippen molar-refractivity contribution in [3.8, 4) is 5.75 Å². The summed E-state index contributed by atoms with van der Waals surface area (Å²) in [5, 5.41) is 9.45. The molecule has 0 radical (unpaired) electrons. The lowest BCUT2D eigenvalue weighted by atomic mass is 10.2. The van der Waals surface area contributed by atoms with Gasteiger partial charge in [-0.25, -0.2) is 13.2 Å². The molecule has 2 rings (SSSR count). The molecule has 0 aromatic heterocycles. The zero-order chi connectivity index (χ0) is 17.3. The minimum absolute atomic E-state index is 0.0446. The Morgan fingerprint density at radius 3 is 2.30 bits per heavy atom. The highest BCUT2D eigenvalue weighted by Crippen LogP contribution is 2.21. The number of ether oxygens (including phenoxy) is 1. The van der Waals surface area contributed by atoms with Crippen LogP contribution in [0.3, 0.4) is 0 Å². The van der Waals surface area contributed by atoms with Crippen LogP contribution in [0.5, 0.6) is 5.75 Å². The number of sulfonamides is 1. The number of aromatic hydroxyl groups is 1. The predicted molar refractivity (Wildman–Crippen MR) is 84.7 cm³/mol. The summed E-state index contributed by atoms with van der Waals surface area (Å²) < 4.78 is 31.6. The van der Waals surface area contributed by atoms with Crippen LogP contribution in [0.4, 0.5) is 4.79 Å². The highest BCUT2D eigenvalue weighted by Gasteiger charge is 2.31. The van der Waals surface area contributed by atoms with Gasteiger partial charge in [-0.2, -0.15) is 4.31 Å². The van der Waals surface area contributed by atoms with Gasteiger partial charge in [-0.05, 0) is 39.0 Å². The quantitative estimate of drug-likeness (QED) is 0.883. The molecule has 1 fully saturated rings. The molecule has 0 aliphatic carbocycles. The summed E-state index contributed by atoms with van der Waals surface area (Å²) in [5.74, 6) is -0.0986. The lowest BCUT2D eigenvalue weighted by Gasteiger charge is -2.34. The van der Waals surface area contributed by atoms with Gasteiger partial charge in [0.2, 0.25) is 10.0 Å². The second-order valence-corrected chi connectivity index (χ2v) is 8.31. The van der Waals surface area contributed by atoms with Crippen molar-refractivity contribution in [2.75, 3.05) is 26.2 Å². The number of nitrogens with zero attached hydrogens (tertiary/aromatic N) is 2. The third-order valence-electron chi connectivity index (χ3n) is 3.35. The van der Waals surface area contributed by atoms with E-state index in [1.807, 2.05) is 0 Å². The van der Waals surface area contributed by atoms with Gasteiger partial charge in [-0.1, -0.05) is 6.07 Å². The van der Waals surface area contributed by atoms with Crippen molar-refractivity contribution in [2.24, 2.45) is 0 Å². The molecule has 0 atom stereocenters. The summed E-state index contributed by atoms with van der Waals surface area (Å²) in [5.41, 5.74) is -0.581. The molecule has 128 valence electrons. The Bertz CT molecular complexity index is 673. The Morgan fingerprint density at radius 1 is 1.17 bits per heavy atom. The highest BCUT2D eigenvalue weighted by atomic mass is 32.2. The molecule has 1 saturated heterocycles. The SMILES string of the molecule is CC(C)(C)OC(=O)N1CCN(S(=O)(=O)c2cccc(O)c2)CC1. The number of carbonyl (C=O) groups excluding carboxylic acids is 1. The maximum atomic E-state index is 12.5. The van der Waals surface area contributed by atoms with Crippen molar-refractivity contribution in [3.63, 3.8) is 0 Å². The Morgan fingerprint density at radius 2 is 1.78 bits per heavy atom. The lowest BCUT2D eigenvalue weighted by Crippen LogP contribution is -2.51. The second kappa shape index (κ2) is 6.37. The van der Waals surface area contributed by atoms with Gasteiger partial charge in [-0.3, -0.25) is 0 Å². The zero-order valence-corrected chi connectivity index (χ0v) is 14.3. The van der Waals surface area contributed by atoms with Gasteiger partial charge in [-0.15, -0.1) is 0 Å². The molecule has 0 saturated carbocycles. The number of piperazine rings is 1. The first-order chi connectivity index (χ1) is 10.6. The summed E-state index contributed by atoms with van der Waals surface area (Å²) in [6.07, 6.45) is -0.438. The number of benzene rings is 1. The maximum absolute atomic E-state index is 12.5. The van der Waals surface area contributed by atoms with Crippen LogP contribution in [0.1, 0.15) is 20.8 Å². The molecule has 23 heavy (non-hydrogen) atoms. The minimum Gasteiger partial charge on any atom is -0.508 e. The van der Waals surface area contributed by atoms with Crippen LogP contribution in [0.15, 0.2) is 29.2 Å². The molecule has 1 N–H and O–H groups in total. The molecule has 1 aliphatic rings. The summed E-state index contributed by atoms with van der Waals surface area (Å²) in [6.45, 7) is 6.28. The van der Waals surface area contributed by atoms with Crippen molar-refractivity contribution < 1.29 is 23.1 Å². The number of phenols is 1. The van der Waals surface area contributed by atoms with Gasteiger partial charge in [0.05, 0.1) is 4.90 Å². The predicted octanol–water partition coefficient (Wildman–Crippen LogP) is 1.63. The van der Waals surface area contributed by atoms with Crippen molar-refractivity contribution >= 4 is 16.1 Å². The van der Waals surface area contributed by atoms with E-state index in [1.165, 1.54) is 33.5 Å². The highest BCUT2D eigenvalue weighted by molar-refractivity contribution is 7.89. The average molecular weight is 342 g/mol. The van der Waals surface area contributed by atoms with Crippen LogP contribution < -0.4 is 0 Å². The molecule has 1 amide bonds. The second-order valence-electron chi connectivity index (χ2n) is 6.37. The number of amides is 1. The van der Waals surface area contributed by atoms with Crippen LogP contribution in [0.25, 0.3) is 0 Å². The van der Waals surface area contributed by atoms with E-state index in [0.717, 1.165) is 0 Å².